The molecule has 1 saturated heterocycles. The van der Waals surface area contributed by atoms with Crippen molar-refractivity contribution >= 4 is 132 Å². The van der Waals surface area contributed by atoms with Gasteiger partial charge >= 0.3 is 13.2 Å². The van der Waals surface area contributed by atoms with Gasteiger partial charge in [-0.1, -0.05) is 73.5 Å². The third-order valence-corrected chi connectivity index (χ3v) is 26.2. The molecule has 87 heavy (non-hydrogen) atoms. The summed E-state index contributed by atoms with van der Waals surface area (Å²) in [6.07, 6.45) is 5.99. The molecule has 17 nitrogen and oxygen atoms in total. The Hall–Kier alpha value is -5.18. The fourth-order valence-corrected chi connectivity index (χ4v) is 17.9. The van der Waals surface area contributed by atoms with Gasteiger partial charge < -0.3 is 24.5 Å². The van der Waals surface area contributed by atoms with E-state index in [1.165, 1.54) is 82.2 Å². The average Bonchev–Trinajstić information content (AvgIpc) is 1.53. The first-order chi connectivity index (χ1) is 40.1. The van der Waals surface area contributed by atoms with Crippen LogP contribution < -0.4 is 11.2 Å². The molecular weight excluding hydrogens is 1330 g/mol. The predicted octanol–water partition coefficient (Wildman–Crippen LogP) is 13.4. The van der Waals surface area contributed by atoms with Crippen molar-refractivity contribution in [3.05, 3.63) is 140 Å². The highest BCUT2D eigenvalue weighted by Gasteiger charge is 2.74. The Morgan fingerprint density at radius 1 is 0.805 bits per heavy atom. The lowest BCUT2D eigenvalue weighted by atomic mass is 9.75. The molecule has 4 aromatic rings. The molecule has 2 aliphatic carbocycles. The fraction of sp³-hybridized carbons (Fsp3) is 0.475. The number of amides is 1. The minimum atomic E-state index is -3.68. The summed E-state index contributed by atoms with van der Waals surface area (Å²) in [5.74, 6) is -3.13. The predicted molar refractivity (Wildman–Crippen MR) is 349 cm³/mol. The maximum absolute atomic E-state index is 15.8. The van der Waals surface area contributed by atoms with Crippen LogP contribution in [0.4, 0.5) is 33.7 Å². The Bertz CT molecular complexity index is 3770. The lowest BCUT2D eigenvalue weighted by Crippen LogP contribution is -2.47. The molecule has 2 aromatic carbocycles. The second-order valence-electron chi connectivity index (χ2n) is 25.3. The van der Waals surface area contributed by atoms with Crippen molar-refractivity contribution in [2.75, 3.05) is 25.8 Å². The number of aromatic nitrogens is 2. The van der Waals surface area contributed by atoms with Crippen LogP contribution in [-0.2, 0) is 49.5 Å². The molecule has 2 N–H and O–H groups in total. The van der Waals surface area contributed by atoms with E-state index in [1.807, 2.05) is 27.7 Å². The summed E-state index contributed by atoms with van der Waals surface area (Å²) in [5.41, 5.74) is 3.73. The number of halogens is 5. The number of carbonyl (C=O) groups is 1. The standard InChI is InChI=1S/C30H48BFN2O7S2Si.C21H18F2N4O2S2.C8H4FIN2/c1-26(2,3)39-25(35)34(19-38-15-16-44(10,11)12)24-33-29(8,23-18-30(23,42-24)43(9,36)37)21-17-20(13-14-22(21)32)31-40-27(4,5)28(6,7)41-31;1-20(18-10-21(18,31(3,28)29)30-19(24)27-20)14-8-12(4-6-15(14)22)9-16(23)17-7-5-13(25-2)11-26-17;1-11-6-2-3-8(12-5-6)7(9)4-10/h13-14,17,23H,15-16,18-19H2,1-12H3;4-9,11,18H,10H2,1,3H3,(H2,24,27);2-5H/b;16-9-;7-4-/t23-,29+,30+;18-,20+,21+;/m00./s1. The molecule has 3 fully saturated rings. The molecule has 0 unspecified atom stereocenters. The van der Waals surface area contributed by atoms with Crippen LogP contribution in [0.2, 0.25) is 25.7 Å². The van der Waals surface area contributed by atoms with Crippen LogP contribution in [0.1, 0.15) is 103 Å². The van der Waals surface area contributed by atoms with Gasteiger partial charge in [0, 0.05) is 66.6 Å². The van der Waals surface area contributed by atoms with Crippen LogP contribution in [0, 0.1) is 36.6 Å². The number of aliphatic imine (C=N–C) groups is 2. The first-order valence-corrected chi connectivity index (χ1v) is 37.7. The topological polar surface area (TPSA) is 211 Å². The lowest BCUT2D eigenvalue weighted by molar-refractivity contribution is 0.00578. The molecule has 3 aliphatic heterocycles. The highest BCUT2D eigenvalue weighted by atomic mass is 127. The number of nitrogens with zero attached hydrogens (tertiary/aromatic N) is 7. The highest BCUT2D eigenvalue weighted by Crippen LogP contribution is 2.70. The number of sulfone groups is 2. The van der Waals surface area contributed by atoms with Gasteiger partial charge in [0.05, 0.1) is 46.8 Å². The van der Waals surface area contributed by atoms with Gasteiger partial charge in [-0.05, 0) is 151 Å². The number of thioether (sulfide) groups is 2. The van der Waals surface area contributed by atoms with E-state index in [9.17, 15) is 34.8 Å². The van der Waals surface area contributed by atoms with Crippen LogP contribution in [0.3, 0.4) is 0 Å². The number of amidine groups is 2. The molecule has 1 amide bonds. The molecule has 5 heterocycles. The maximum atomic E-state index is 15.8. The Morgan fingerprint density at radius 2 is 1.30 bits per heavy atom. The molecule has 0 spiro atoms. The quantitative estimate of drug-likeness (QED) is 0.0330. The van der Waals surface area contributed by atoms with E-state index in [0.717, 1.165) is 35.8 Å². The van der Waals surface area contributed by atoms with E-state index in [4.69, 9.17) is 42.7 Å². The Kier molecular flexibility index (Phi) is 20.1. The molecule has 9 rings (SSSR count). The number of nitrogens with two attached hydrogens (primary N) is 1. The summed E-state index contributed by atoms with van der Waals surface area (Å²) >= 11 is 3.82. The van der Waals surface area contributed by atoms with Crippen molar-refractivity contribution in [2.45, 2.75) is 137 Å². The van der Waals surface area contributed by atoms with Crippen molar-refractivity contribution in [3.63, 3.8) is 0 Å². The summed E-state index contributed by atoms with van der Waals surface area (Å²) in [7, 11) is -9.31. The van der Waals surface area contributed by atoms with E-state index < -0.39 is 106 Å². The summed E-state index contributed by atoms with van der Waals surface area (Å²) in [6, 6.07) is 15.4. The Morgan fingerprint density at radius 3 is 1.77 bits per heavy atom. The molecule has 0 radical (unpaired) electrons. The van der Waals surface area contributed by atoms with Gasteiger partial charge in [-0.15, -0.1) is 0 Å². The normalized spacial score (nSPS) is 25.5. The van der Waals surface area contributed by atoms with E-state index in [-0.39, 0.29) is 57.5 Å². The molecule has 5 aliphatic rings. The molecule has 28 heteroatoms. The van der Waals surface area contributed by atoms with Gasteiger partial charge in [0.15, 0.2) is 35.8 Å². The van der Waals surface area contributed by atoms with E-state index in [1.54, 1.807) is 69.3 Å². The summed E-state index contributed by atoms with van der Waals surface area (Å²) in [6.45, 7) is 36.9. The minimum absolute atomic E-state index is 0.0408. The molecule has 2 saturated carbocycles. The van der Waals surface area contributed by atoms with Gasteiger partial charge in [0.2, 0.25) is 11.4 Å². The smallest absolute Gasteiger partial charge is 0.443 e. The van der Waals surface area contributed by atoms with Crippen molar-refractivity contribution in [3.8, 4) is 0 Å². The molecule has 466 valence electrons. The van der Waals surface area contributed by atoms with E-state index >= 15 is 4.39 Å². The summed E-state index contributed by atoms with van der Waals surface area (Å²) in [4.78, 5) is 38.2. The number of rotatable bonds is 13. The van der Waals surface area contributed by atoms with Crippen molar-refractivity contribution in [1.29, 1.82) is 0 Å². The van der Waals surface area contributed by atoms with E-state index in [2.05, 4.69) is 44.3 Å². The fourth-order valence-electron chi connectivity index (χ4n) is 10.1. The summed E-state index contributed by atoms with van der Waals surface area (Å²) in [5, 5.41) is 0.201. The number of benzene rings is 2. The number of hydrogen-bond acceptors (Lipinski definition) is 16. The first kappa shape index (κ1) is 69.3. The molecular formula is C59H70BF4IN8O9S4Si. The number of carbonyl (C=O) groups excluding carboxylic acids is 1. The molecule has 2 aromatic heterocycles. The third kappa shape index (κ3) is 15.0. The van der Waals surface area contributed by atoms with Gasteiger partial charge in [-0.2, -0.15) is 0 Å². The second kappa shape index (κ2) is 25.2. The van der Waals surface area contributed by atoms with Crippen molar-refractivity contribution in [2.24, 2.45) is 27.6 Å². The number of ether oxygens (including phenoxy) is 2. The van der Waals surface area contributed by atoms with Crippen LogP contribution >= 0.6 is 46.1 Å². The van der Waals surface area contributed by atoms with Crippen LogP contribution in [0.15, 0.2) is 87.1 Å². The zero-order valence-corrected chi connectivity index (χ0v) is 57.2. The van der Waals surface area contributed by atoms with Crippen molar-refractivity contribution in [1.82, 2.24) is 14.9 Å². The van der Waals surface area contributed by atoms with E-state index in [0.29, 0.717) is 29.7 Å². The van der Waals surface area contributed by atoms with Gasteiger partial charge in [0.25, 0.3) is 0 Å². The molecule has 6 atom stereocenters. The van der Waals surface area contributed by atoms with Gasteiger partial charge in [-0.25, -0.2) is 53.8 Å². The minimum Gasteiger partial charge on any atom is -0.443 e. The highest BCUT2D eigenvalue weighted by molar-refractivity contribution is 14.1. The maximum Gasteiger partial charge on any atom is 0.494 e. The largest absolute Gasteiger partial charge is 0.494 e. The monoisotopic (exact) mass is 1400 g/mol. The number of pyridine rings is 2. The SMILES string of the molecule is CC(C)(C)OC(=O)N(COCC[Si](C)(C)C)C1=N[C@](C)(c2cc(B3OC(C)(C)C(C)(C)O3)ccc2F)[C@@H]2C[C@]2(S(C)(=O)=O)S1.[C-]#[N+]c1ccc(/C(F)=C/I)nc1.[C-]#[N+]c1ccc(/C(F)=C/c2ccc(F)c([C@@]3(C)N=C(N)S[C@@]4(S(C)(=O)=O)C[C@H]43)c2)nc1. The lowest BCUT2D eigenvalue weighted by Gasteiger charge is -2.37. The zero-order valence-electron chi connectivity index (χ0n) is 50.8. The van der Waals surface area contributed by atoms with Crippen LogP contribution in [0.5, 0.6) is 0 Å². The Labute approximate surface area is 531 Å². The second-order valence-corrected chi connectivity index (χ2v) is 39.3. The number of fused-ring (bicyclic) bond motifs is 2. The summed E-state index contributed by atoms with van der Waals surface area (Å²) < 4.78 is 133. The third-order valence-electron chi connectivity index (χ3n) is 15.8. The van der Waals surface area contributed by atoms with Gasteiger partial charge in [-0.3, -0.25) is 20.0 Å². The number of hydrogen-bond donors (Lipinski definition) is 1. The van der Waals surface area contributed by atoms with Gasteiger partial charge in [0.1, 0.15) is 38.0 Å². The van der Waals surface area contributed by atoms with Crippen LogP contribution in [-0.4, -0.2) is 114 Å². The first-order valence-electron chi connectivity index (χ1n) is 27.4. The Balaban J connectivity index is 0.000000216. The molecule has 0 bridgehead atoms. The van der Waals surface area contributed by atoms with Crippen LogP contribution in [0.25, 0.3) is 27.4 Å². The average molecular weight is 1410 g/mol. The zero-order chi connectivity index (χ0) is 64.9. The van der Waals surface area contributed by atoms with Crippen molar-refractivity contribution < 1.29 is 58.0 Å².